The largest absolute Gasteiger partial charge is 0.466 e. The summed E-state index contributed by atoms with van der Waals surface area (Å²) in [5, 5.41) is 10.0. The number of nitrogens with zero attached hydrogens (tertiary/aromatic N) is 4. The fraction of sp³-hybridized carbons (Fsp3) is 0.417. The molecule has 1 saturated heterocycles. The second kappa shape index (κ2) is 12.6. The minimum Gasteiger partial charge on any atom is -0.389 e. The first kappa shape index (κ1) is 33.4. The number of nitrogens with two attached hydrogens (primary N) is 1. The molecule has 0 aliphatic carbocycles. The molecule has 3 heterocycles. The number of aliphatic hydroxyl groups is 1. The van der Waals surface area contributed by atoms with Crippen molar-refractivity contribution in [2.24, 2.45) is 0 Å². The molecule has 0 amide bonds. The first-order valence-electron chi connectivity index (χ1n) is 8.28. The van der Waals surface area contributed by atoms with Crippen LogP contribution >= 0.6 is 35.1 Å². The van der Waals surface area contributed by atoms with E-state index in [-0.39, 0.29) is 11.1 Å². The molecule has 2 aromatic heterocycles. The van der Waals surface area contributed by atoms with Crippen molar-refractivity contribution >= 4 is 52.1 Å². The first-order valence-corrected chi connectivity index (χ1v) is 13.4. The Balaban J connectivity index is 0.000000635. The summed E-state index contributed by atoms with van der Waals surface area (Å²) in [6.07, 6.45) is 6.00. The first-order chi connectivity index (χ1) is 15.4. The highest BCUT2D eigenvalue weighted by atomic mass is 35.5. The normalized spacial score (nSPS) is 22.0. The average molecular weight is 588 g/mol. The molecular formula is C12H21ClN5O14P3. The van der Waals surface area contributed by atoms with E-state index < -0.39 is 41.4 Å². The Bertz CT molecular complexity index is 1120. The standard InChI is InChI=1S/C12H12ClN5O2.3H3O4P/c1-3-12(2)6(19)4-7(20-12)18-5-15-8-9(14)16-11(13)17-10(8)18;3*1-5(2,3)4/h1,5-7,19H,4H2,2H3,(H2,14,16,17);3*(H3,1,2,3,4)/t6-,7+,12+;;;/m0.../s1. The van der Waals surface area contributed by atoms with Crippen LogP contribution in [0.5, 0.6) is 0 Å². The number of ether oxygens (including phenoxy) is 1. The van der Waals surface area contributed by atoms with Gasteiger partial charge in [0.1, 0.15) is 11.7 Å². The van der Waals surface area contributed by atoms with Crippen LogP contribution in [0.3, 0.4) is 0 Å². The Morgan fingerprint density at radius 1 is 1.09 bits per heavy atom. The highest BCUT2D eigenvalue weighted by Gasteiger charge is 2.44. The van der Waals surface area contributed by atoms with Crippen molar-refractivity contribution in [2.45, 2.75) is 31.3 Å². The van der Waals surface area contributed by atoms with Crippen LogP contribution in [0.2, 0.25) is 5.28 Å². The van der Waals surface area contributed by atoms with Gasteiger partial charge in [-0.05, 0) is 18.5 Å². The zero-order valence-corrected chi connectivity index (χ0v) is 20.6. The maximum Gasteiger partial charge on any atom is 0.466 e. The third-order valence-corrected chi connectivity index (χ3v) is 3.63. The molecule has 1 fully saturated rings. The summed E-state index contributed by atoms with van der Waals surface area (Å²) in [4.78, 5) is 76.8. The lowest BCUT2D eigenvalue weighted by Gasteiger charge is -2.21. The molecule has 23 heteroatoms. The lowest BCUT2D eigenvalue weighted by Crippen LogP contribution is -2.33. The van der Waals surface area contributed by atoms with Crippen molar-refractivity contribution in [2.75, 3.05) is 5.73 Å². The number of aromatic nitrogens is 4. The van der Waals surface area contributed by atoms with Gasteiger partial charge in [-0.15, -0.1) is 6.42 Å². The van der Waals surface area contributed by atoms with Gasteiger partial charge >= 0.3 is 23.5 Å². The summed E-state index contributed by atoms with van der Waals surface area (Å²) in [5.74, 6) is 2.66. The topological polar surface area (TPSA) is 332 Å². The minimum atomic E-state index is -4.64. The van der Waals surface area contributed by atoms with E-state index >= 15 is 0 Å². The second-order valence-electron chi connectivity index (χ2n) is 6.32. The van der Waals surface area contributed by atoms with E-state index in [4.69, 9.17) is 86.2 Å². The number of hydrogen-bond donors (Lipinski definition) is 11. The van der Waals surface area contributed by atoms with Crippen LogP contribution in [0.1, 0.15) is 19.6 Å². The summed E-state index contributed by atoms with van der Waals surface area (Å²) >= 11 is 5.81. The fourth-order valence-corrected chi connectivity index (χ4v) is 2.42. The number of nitrogen functional groups attached to an aromatic ring is 1. The molecule has 0 radical (unpaired) electrons. The second-order valence-corrected chi connectivity index (χ2v) is 9.73. The Morgan fingerprint density at radius 2 is 1.51 bits per heavy atom. The van der Waals surface area contributed by atoms with Crippen LogP contribution in [0.25, 0.3) is 11.2 Å². The average Bonchev–Trinajstić information content (AvgIpc) is 3.12. The molecule has 1 aliphatic heterocycles. The molecule has 3 rings (SSSR count). The van der Waals surface area contributed by atoms with E-state index in [1.807, 2.05) is 0 Å². The number of aliphatic hydroxyl groups excluding tert-OH is 1. The molecular weight excluding hydrogens is 567 g/mol. The molecule has 19 nitrogen and oxygen atoms in total. The van der Waals surface area contributed by atoms with Gasteiger partial charge in [0.05, 0.1) is 12.4 Å². The predicted molar refractivity (Wildman–Crippen MR) is 116 cm³/mol. The van der Waals surface area contributed by atoms with Gasteiger partial charge in [-0.1, -0.05) is 5.92 Å². The SMILES string of the molecule is C#C[C@@]1(C)O[C@@H](n2cnc3c(N)nc(Cl)nc32)C[C@@H]1O.O=P(O)(O)O.O=P(O)(O)O.O=P(O)(O)O. The zero-order valence-electron chi connectivity index (χ0n) is 17.2. The number of imidazole rings is 1. The number of hydrogen-bond acceptors (Lipinski definition) is 9. The van der Waals surface area contributed by atoms with E-state index in [0.29, 0.717) is 17.6 Å². The molecule has 1 aliphatic rings. The van der Waals surface area contributed by atoms with Crippen molar-refractivity contribution in [3.8, 4) is 12.3 Å². The van der Waals surface area contributed by atoms with E-state index in [0.717, 1.165) is 0 Å². The molecule has 2 aromatic rings. The van der Waals surface area contributed by atoms with Crippen molar-refractivity contribution < 1.29 is 67.6 Å². The van der Waals surface area contributed by atoms with Gasteiger partial charge in [0.2, 0.25) is 5.28 Å². The number of fused-ring (bicyclic) bond motifs is 1. The molecule has 3 atom stereocenters. The minimum absolute atomic E-state index is 0.0232. The van der Waals surface area contributed by atoms with Crippen molar-refractivity contribution in [1.29, 1.82) is 0 Å². The predicted octanol–water partition coefficient (Wildman–Crippen LogP) is -2.05. The highest BCUT2D eigenvalue weighted by molar-refractivity contribution is 7.45. The Kier molecular flexibility index (Phi) is 12.1. The molecule has 12 N–H and O–H groups in total. The van der Waals surface area contributed by atoms with Crippen molar-refractivity contribution in [1.82, 2.24) is 19.5 Å². The smallest absolute Gasteiger partial charge is 0.389 e. The zero-order chi connectivity index (χ0) is 28.0. The Morgan fingerprint density at radius 3 is 1.89 bits per heavy atom. The van der Waals surface area contributed by atoms with E-state index in [9.17, 15) is 5.11 Å². The maximum absolute atomic E-state index is 10.0. The quantitative estimate of drug-likeness (QED) is 0.0970. The van der Waals surface area contributed by atoms with E-state index in [1.165, 1.54) is 6.33 Å². The van der Waals surface area contributed by atoms with Gasteiger partial charge in [0, 0.05) is 6.42 Å². The summed E-state index contributed by atoms with van der Waals surface area (Å²) in [7, 11) is -13.9. The van der Waals surface area contributed by atoms with Crippen LogP contribution < -0.4 is 5.73 Å². The molecule has 0 unspecified atom stereocenters. The molecule has 0 saturated carbocycles. The van der Waals surface area contributed by atoms with Crippen LogP contribution in [0, 0.1) is 12.3 Å². The van der Waals surface area contributed by atoms with Gasteiger partial charge in [0.25, 0.3) is 0 Å². The molecule has 0 bridgehead atoms. The van der Waals surface area contributed by atoms with E-state index in [2.05, 4.69) is 20.9 Å². The Hall–Kier alpha value is -1.55. The summed E-state index contributed by atoms with van der Waals surface area (Å²) in [6, 6.07) is 0. The van der Waals surface area contributed by atoms with Crippen LogP contribution in [0.4, 0.5) is 5.82 Å². The van der Waals surface area contributed by atoms with Gasteiger partial charge in [0.15, 0.2) is 17.1 Å². The molecule has 35 heavy (non-hydrogen) atoms. The van der Waals surface area contributed by atoms with E-state index in [1.54, 1.807) is 11.5 Å². The van der Waals surface area contributed by atoms with Crippen LogP contribution in [-0.4, -0.2) is 80.4 Å². The van der Waals surface area contributed by atoms with Crippen LogP contribution in [0.15, 0.2) is 6.33 Å². The van der Waals surface area contributed by atoms with Crippen molar-refractivity contribution in [3.05, 3.63) is 11.6 Å². The van der Waals surface area contributed by atoms with Gasteiger partial charge in [-0.2, -0.15) is 9.97 Å². The van der Waals surface area contributed by atoms with Gasteiger partial charge in [-0.3, -0.25) is 4.57 Å². The third kappa shape index (κ3) is 14.6. The lowest BCUT2D eigenvalue weighted by atomic mass is 10.0. The maximum atomic E-state index is 10.0. The third-order valence-electron chi connectivity index (χ3n) is 3.46. The number of anilines is 1. The lowest BCUT2D eigenvalue weighted by molar-refractivity contribution is -0.0513. The summed E-state index contributed by atoms with van der Waals surface area (Å²) < 4.78 is 34.0. The molecule has 0 spiro atoms. The van der Waals surface area contributed by atoms with Crippen molar-refractivity contribution in [3.63, 3.8) is 0 Å². The monoisotopic (exact) mass is 587 g/mol. The fourth-order valence-electron chi connectivity index (χ4n) is 2.25. The highest BCUT2D eigenvalue weighted by Crippen LogP contribution is 2.37. The molecule has 0 aromatic carbocycles. The van der Waals surface area contributed by atoms with Gasteiger partial charge in [-0.25, -0.2) is 18.7 Å². The molecule has 200 valence electrons. The summed E-state index contributed by atoms with van der Waals surface area (Å²) in [6.45, 7) is 1.66. The van der Waals surface area contributed by atoms with Crippen LogP contribution in [-0.2, 0) is 18.4 Å². The number of terminal acetylenes is 1. The number of phosphoric acid groups is 3. The van der Waals surface area contributed by atoms with Gasteiger partial charge < -0.3 is 59.6 Å². The number of rotatable bonds is 1. The number of halogens is 1. The Labute approximate surface area is 200 Å². The summed E-state index contributed by atoms with van der Waals surface area (Å²) in [5.41, 5.74) is 5.58.